The lowest BCUT2D eigenvalue weighted by molar-refractivity contribution is -0.384. The zero-order valence-electron chi connectivity index (χ0n) is 16.6. The third kappa shape index (κ3) is 5.08. The quantitative estimate of drug-likeness (QED) is 0.362. The number of carboxylic acid groups (broad SMARTS) is 1. The van der Waals surface area contributed by atoms with E-state index in [1.54, 1.807) is 6.92 Å². The Morgan fingerprint density at radius 2 is 1.62 bits per heavy atom. The number of amides is 1. The summed E-state index contributed by atoms with van der Waals surface area (Å²) >= 11 is 0. The number of carbonyl (C=O) groups is 2. The number of nitro groups is 1. The van der Waals surface area contributed by atoms with Crippen molar-refractivity contribution in [3.63, 3.8) is 0 Å². The van der Waals surface area contributed by atoms with Crippen molar-refractivity contribution in [2.45, 2.75) is 11.8 Å². The second-order valence-electron chi connectivity index (χ2n) is 6.73. The van der Waals surface area contributed by atoms with Crippen LogP contribution in [0.3, 0.4) is 0 Å². The van der Waals surface area contributed by atoms with Crippen molar-refractivity contribution in [2.24, 2.45) is 0 Å². The molecule has 3 N–H and O–H groups in total. The molecular weight excluding hydrogens is 438 g/mol. The average molecular weight is 455 g/mol. The number of hydrogen-bond acceptors (Lipinski definition) is 6. The number of carbonyl (C=O) groups excluding carboxylic acids is 1. The molecule has 0 aliphatic rings. The Kier molecular flexibility index (Phi) is 6.21. The highest BCUT2D eigenvalue weighted by atomic mass is 32.2. The number of carboxylic acids is 1. The molecule has 3 aromatic carbocycles. The normalized spacial score (nSPS) is 10.9. The SMILES string of the molecule is Cc1ccc(C(=O)Nc2ccc([N+](=O)[O-])cc2)cc1S(=O)(=O)Nc1cccc(C(=O)O)c1. The number of nitrogens with one attached hydrogen (secondary N) is 2. The molecule has 0 atom stereocenters. The molecule has 164 valence electrons. The van der Waals surface area contributed by atoms with Crippen molar-refractivity contribution < 1.29 is 28.0 Å². The number of hydrogen-bond donors (Lipinski definition) is 3. The topological polar surface area (TPSA) is 156 Å². The van der Waals surface area contributed by atoms with Crippen LogP contribution in [0.15, 0.2) is 71.6 Å². The first-order valence-electron chi connectivity index (χ1n) is 9.09. The van der Waals surface area contributed by atoms with Gasteiger partial charge in [0.15, 0.2) is 0 Å². The molecule has 11 heteroatoms. The number of anilines is 2. The minimum absolute atomic E-state index is 0.0496. The highest BCUT2D eigenvalue weighted by molar-refractivity contribution is 7.92. The third-order valence-electron chi connectivity index (χ3n) is 4.44. The van der Waals surface area contributed by atoms with Gasteiger partial charge in [-0.3, -0.25) is 19.6 Å². The van der Waals surface area contributed by atoms with Gasteiger partial charge in [-0.2, -0.15) is 0 Å². The van der Waals surface area contributed by atoms with E-state index in [-0.39, 0.29) is 27.4 Å². The molecule has 0 fully saturated rings. The molecule has 0 radical (unpaired) electrons. The number of rotatable bonds is 7. The molecule has 0 aliphatic carbocycles. The van der Waals surface area contributed by atoms with E-state index in [4.69, 9.17) is 5.11 Å². The summed E-state index contributed by atoms with van der Waals surface area (Å²) in [6, 6.07) is 14.6. The Labute approximate surface area is 182 Å². The van der Waals surface area contributed by atoms with Gasteiger partial charge in [0.1, 0.15) is 0 Å². The summed E-state index contributed by atoms with van der Waals surface area (Å²) in [5.41, 5.74) is 0.564. The number of nitrogens with zero attached hydrogens (tertiary/aromatic N) is 1. The van der Waals surface area contributed by atoms with Gasteiger partial charge in [0.25, 0.3) is 21.6 Å². The van der Waals surface area contributed by atoms with E-state index in [0.717, 1.165) is 0 Å². The maximum atomic E-state index is 12.9. The van der Waals surface area contributed by atoms with Crippen LogP contribution >= 0.6 is 0 Å². The van der Waals surface area contributed by atoms with Crippen LogP contribution in [0.1, 0.15) is 26.3 Å². The summed E-state index contributed by atoms with van der Waals surface area (Å²) in [6.07, 6.45) is 0. The molecule has 0 aromatic heterocycles. The van der Waals surface area contributed by atoms with Gasteiger partial charge in [0.05, 0.1) is 15.4 Å². The second-order valence-corrected chi connectivity index (χ2v) is 8.38. The molecule has 0 unspecified atom stereocenters. The van der Waals surface area contributed by atoms with Gasteiger partial charge in [0.2, 0.25) is 0 Å². The van der Waals surface area contributed by atoms with Gasteiger partial charge < -0.3 is 10.4 Å². The molecule has 0 aliphatic heterocycles. The first kappa shape index (κ1) is 22.4. The van der Waals surface area contributed by atoms with Gasteiger partial charge in [-0.1, -0.05) is 12.1 Å². The predicted octanol–water partition coefficient (Wildman–Crippen LogP) is 3.65. The molecule has 3 rings (SSSR count). The first-order valence-corrected chi connectivity index (χ1v) is 10.6. The number of aromatic carboxylic acids is 1. The van der Waals surface area contributed by atoms with Gasteiger partial charge >= 0.3 is 5.97 Å². The smallest absolute Gasteiger partial charge is 0.335 e. The van der Waals surface area contributed by atoms with E-state index in [9.17, 15) is 28.1 Å². The van der Waals surface area contributed by atoms with Gasteiger partial charge in [-0.25, -0.2) is 13.2 Å². The maximum Gasteiger partial charge on any atom is 0.335 e. The highest BCUT2D eigenvalue weighted by Gasteiger charge is 2.20. The van der Waals surface area contributed by atoms with Crippen molar-refractivity contribution >= 4 is 39.0 Å². The van der Waals surface area contributed by atoms with E-state index < -0.39 is 26.8 Å². The number of aryl methyl sites for hydroxylation is 1. The number of sulfonamides is 1. The lowest BCUT2D eigenvalue weighted by Crippen LogP contribution is -2.17. The maximum absolute atomic E-state index is 12.9. The number of non-ortho nitro benzene ring substituents is 1. The molecule has 0 saturated heterocycles. The van der Waals surface area contributed by atoms with Crippen LogP contribution in [0.2, 0.25) is 0 Å². The molecule has 0 bridgehead atoms. The molecular formula is C21H17N3O7S. The Bertz CT molecular complexity index is 1320. The molecule has 32 heavy (non-hydrogen) atoms. The van der Waals surface area contributed by atoms with Crippen molar-refractivity contribution in [1.29, 1.82) is 0 Å². The Hall–Kier alpha value is -4.25. The van der Waals surface area contributed by atoms with Crippen LogP contribution < -0.4 is 10.0 Å². The van der Waals surface area contributed by atoms with Crippen LogP contribution in [0.4, 0.5) is 17.1 Å². The Balaban J connectivity index is 1.85. The van der Waals surface area contributed by atoms with Crippen molar-refractivity contribution in [3.05, 3.63) is 93.5 Å². The second kappa shape index (κ2) is 8.86. The third-order valence-corrected chi connectivity index (χ3v) is 5.96. The molecule has 3 aromatic rings. The molecule has 0 saturated carbocycles. The van der Waals surface area contributed by atoms with E-state index in [1.807, 2.05) is 0 Å². The van der Waals surface area contributed by atoms with Crippen molar-refractivity contribution in [3.8, 4) is 0 Å². The number of nitro benzene ring substituents is 1. The molecule has 0 heterocycles. The first-order chi connectivity index (χ1) is 15.1. The largest absolute Gasteiger partial charge is 0.478 e. The van der Waals surface area contributed by atoms with Crippen LogP contribution in [-0.2, 0) is 10.0 Å². The molecule has 1 amide bonds. The van der Waals surface area contributed by atoms with E-state index in [0.29, 0.717) is 11.3 Å². The predicted molar refractivity (Wildman–Crippen MR) is 116 cm³/mol. The monoisotopic (exact) mass is 455 g/mol. The fraction of sp³-hybridized carbons (Fsp3) is 0.0476. The Morgan fingerprint density at radius 3 is 2.25 bits per heavy atom. The van der Waals surface area contributed by atoms with Crippen LogP contribution in [0.25, 0.3) is 0 Å². The van der Waals surface area contributed by atoms with Gasteiger partial charge in [0, 0.05) is 29.1 Å². The summed E-state index contributed by atoms with van der Waals surface area (Å²) in [5.74, 6) is -1.81. The van der Waals surface area contributed by atoms with Crippen LogP contribution in [0.5, 0.6) is 0 Å². The summed E-state index contributed by atoms with van der Waals surface area (Å²) in [4.78, 5) is 33.7. The zero-order valence-corrected chi connectivity index (χ0v) is 17.4. The molecule has 0 spiro atoms. The lowest BCUT2D eigenvalue weighted by Gasteiger charge is -2.13. The summed E-state index contributed by atoms with van der Waals surface area (Å²) in [5, 5.41) is 22.4. The van der Waals surface area contributed by atoms with Gasteiger partial charge in [-0.15, -0.1) is 0 Å². The lowest BCUT2D eigenvalue weighted by atomic mass is 10.1. The van der Waals surface area contributed by atoms with Gasteiger partial charge in [-0.05, 0) is 55.0 Å². The number of benzene rings is 3. The fourth-order valence-corrected chi connectivity index (χ4v) is 4.15. The van der Waals surface area contributed by atoms with E-state index >= 15 is 0 Å². The van der Waals surface area contributed by atoms with Crippen molar-refractivity contribution in [1.82, 2.24) is 0 Å². The average Bonchev–Trinajstić information content (AvgIpc) is 2.74. The van der Waals surface area contributed by atoms with Crippen molar-refractivity contribution in [2.75, 3.05) is 10.0 Å². The fourth-order valence-electron chi connectivity index (χ4n) is 2.83. The van der Waals surface area contributed by atoms with E-state index in [2.05, 4.69) is 10.0 Å². The minimum Gasteiger partial charge on any atom is -0.478 e. The molecule has 10 nitrogen and oxygen atoms in total. The Morgan fingerprint density at radius 1 is 0.938 bits per heavy atom. The van der Waals surface area contributed by atoms with Crippen LogP contribution in [0, 0.1) is 17.0 Å². The summed E-state index contributed by atoms with van der Waals surface area (Å²) < 4.78 is 28.1. The minimum atomic E-state index is -4.13. The highest BCUT2D eigenvalue weighted by Crippen LogP contribution is 2.23. The van der Waals surface area contributed by atoms with Crippen LogP contribution in [-0.4, -0.2) is 30.3 Å². The summed E-state index contributed by atoms with van der Waals surface area (Å²) in [6.45, 7) is 1.56. The van der Waals surface area contributed by atoms with E-state index in [1.165, 1.54) is 66.7 Å². The standard InChI is InChI=1S/C21H17N3O7S/c1-13-5-6-14(20(25)22-16-7-9-18(10-8-16)24(28)29)12-19(13)32(30,31)23-17-4-2-3-15(11-17)21(26)27/h2-12,23H,1H3,(H,22,25)(H,26,27). The summed E-state index contributed by atoms with van der Waals surface area (Å²) in [7, 11) is -4.13. The zero-order chi connectivity index (χ0) is 23.5.